The van der Waals surface area contributed by atoms with E-state index in [1.807, 2.05) is 30.2 Å². The lowest BCUT2D eigenvalue weighted by Crippen LogP contribution is -2.38. The maximum absolute atomic E-state index is 13.7. The molecule has 1 aliphatic heterocycles. The van der Waals surface area contributed by atoms with Crippen molar-refractivity contribution >= 4 is 5.82 Å². The first-order valence-corrected chi connectivity index (χ1v) is 7.12. The van der Waals surface area contributed by atoms with Crippen molar-refractivity contribution < 1.29 is 4.39 Å². The van der Waals surface area contributed by atoms with E-state index in [0.717, 1.165) is 23.6 Å². The third kappa shape index (κ3) is 3.18. The number of aromatic amines is 1. The number of alkyl halides is 1. The first kappa shape index (κ1) is 13.9. The first-order chi connectivity index (χ1) is 10.2. The molecule has 112 valence electrons. The molecule has 0 radical (unpaired) electrons. The number of nitrogens with one attached hydrogen (secondary N) is 2. The van der Waals surface area contributed by atoms with Crippen LogP contribution in [0.25, 0.3) is 0 Å². The number of rotatable bonds is 5. The molecule has 7 heteroatoms. The van der Waals surface area contributed by atoms with Gasteiger partial charge in [-0.3, -0.25) is 5.10 Å². The lowest BCUT2D eigenvalue weighted by atomic mass is 10.2. The van der Waals surface area contributed by atoms with E-state index in [1.54, 1.807) is 6.20 Å². The van der Waals surface area contributed by atoms with Gasteiger partial charge in [0.1, 0.15) is 6.17 Å². The van der Waals surface area contributed by atoms with Crippen molar-refractivity contribution in [2.45, 2.75) is 32.1 Å². The van der Waals surface area contributed by atoms with Crippen molar-refractivity contribution in [1.82, 2.24) is 25.7 Å². The third-order valence-electron chi connectivity index (χ3n) is 3.85. The van der Waals surface area contributed by atoms with Gasteiger partial charge in [0, 0.05) is 43.0 Å². The highest BCUT2D eigenvalue weighted by Gasteiger charge is 2.32. The Morgan fingerprint density at radius 1 is 1.52 bits per heavy atom. The van der Waals surface area contributed by atoms with E-state index in [9.17, 15) is 4.39 Å². The normalized spacial score (nSPS) is 21.9. The van der Waals surface area contributed by atoms with Gasteiger partial charge in [-0.1, -0.05) is 0 Å². The molecule has 0 amide bonds. The fraction of sp³-hybridized carbons (Fsp3) is 0.500. The summed E-state index contributed by atoms with van der Waals surface area (Å²) in [5, 5.41) is 18.2. The number of aromatic nitrogens is 4. The van der Waals surface area contributed by atoms with E-state index in [1.165, 1.54) is 0 Å². The van der Waals surface area contributed by atoms with Crippen molar-refractivity contribution in [2.75, 3.05) is 18.0 Å². The topological polar surface area (TPSA) is 69.7 Å². The number of hydrogen-bond donors (Lipinski definition) is 2. The minimum atomic E-state index is -0.811. The van der Waals surface area contributed by atoms with E-state index in [0.29, 0.717) is 19.5 Å². The van der Waals surface area contributed by atoms with Crippen LogP contribution in [-0.4, -0.2) is 45.7 Å². The minimum absolute atomic E-state index is 0.101. The molecule has 0 aliphatic carbocycles. The molecule has 1 fully saturated rings. The van der Waals surface area contributed by atoms with E-state index in [2.05, 4.69) is 25.7 Å². The molecule has 0 aromatic carbocycles. The second-order valence-corrected chi connectivity index (χ2v) is 5.37. The van der Waals surface area contributed by atoms with Gasteiger partial charge in [-0.2, -0.15) is 10.2 Å². The van der Waals surface area contributed by atoms with E-state index >= 15 is 0 Å². The Bertz CT molecular complexity index is 572. The zero-order valence-electron chi connectivity index (χ0n) is 12.0. The van der Waals surface area contributed by atoms with Gasteiger partial charge >= 0.3 is 0 Å². The summed E-state index contributed by atoms with van der Waals surface area (Å²) >= 11 is 0. The van der Waals surface area contributed by atoms with Crippen molar-refractivity contribution in [3.05, 3.63) is 35.8 Å². The Hall–Kier alpha value is -2.02. The molecule has 3 heterocycles. The minimum Gasteiger partial charge on any atom is -0.348 e. The van der Waals surface area contributed by atoms with Crippen LogP contribution in [0.1, 0.15) is 17.7 Å². The number of anilines is 1. The Morgan fingerprint density at radius 3 is 3.14 bits per heavy atom. The van der Waals surface area contributed by atoms with Crippen molar-refractivity contribution in [3.8, 4) is 0 Å². The van der Waals surface area contributed by atoms with E-state index in [4.69, 9.17) is 0 Å². The molecule has 0 unspecified atom stereocenters. The SMILES string of the molecule is Cc1[nH]ncc1CNC[C@@H]1C[C@H](F)CN1c1cccnn1. The molecule has 2 atom stereocenters. The molecule has 0 saturated carbocycles. The maximum atomic E-state index is 13.7. The van der Waals surface area contributed by atoms with Gasteiger partial charge in [0.05, 0.1) is 12.7 Å². The quantitative estimate of drug-likeness (QED) is 0.866. The highest BCUT2D eigenvalue weighted by atomic mass is 19.1. The summed E-state index contributed by atoms with van der Waals surface area (Å²) in [7, 11) is 0. The lowest BCUT2D eigenvalue weighted by molar-refractivity contribution is 0.354. The molecule has 6 nitrogen and oxygen atoms in total. The van der Waals surface area contributed by atoms with Gasteiger partial charge in [0.25, 0.3) is 0 Å². The summed E-state index contributed by atoms with van der Waals surface area (Å²) in [6.45, 7) is 3.81. The average molecular weight is 290 g/mol. The smallest absolute Gasteiger partial charge is 0.151 e. The van der Waals surface area contributed by atoms with E-state index in [-0.39, 0.29) is 6.04 Å². The van der Waals surface area contributed by atoms with Crippen molar-refractivity contribution in [1.29, 1.82) is 0 Å². The molecule has 2 aromatic heterocycles. The average Bonchev–Trinajstić information content (AvgIpc) is 3.06. The standard InChI is InChI=1S/C14H19FN6/c1-10-11(7-18-19-10)6-16-8-13-5-12(15)9-21(13)14-3-2-4-17-20-14/h2-4,7,12-13,16H,5-6,8-9H2,1H3,(H,18,19)/t12-,13-/m0/s1. The Kier molecular flexibility index (Phi) is 4.10. The fourth-order valence-electron chi connectivity index (χ4n) is 2.71. The van der Waals surface area contributed by atoms with Gasteiger partial charge in [-0.05, 0) is 19.1 Å². The Balaban J connectivity index is 1.59. The van der Waals surface area contributed by atoms with Gasteiger partial charge in [0.15, 0.2) is 5.82 Å². The number of halogens is 1. The van der Waals surface area contributed by atoms with Crippen LogP contribution < -0.4 is 10.2 Å². The summed E-state index contributed by atoms with van der Waals surface area (Å²) in [5.74, 6) is 0.740. The van der Waals surface area contributed by atoms with Crippen LogP contribution in [0, 0.1) is 6.92 Å². The lowest BCUT2D eigenvalue weighted by Gasteiger charge is -2.25. The fourth-order valence-corrected chi connectivity index (χ4v) is 2.71. The van der Waals surface area contributed by atoms with Crippen LogP contribution in [0.5, 0.6) is 0 Å². The maximum Gasteiger partial charge on any atom is 0.151 e. The summed E-state index contributed by atoms with van der Waals surface area (Å²) < 4.78 is 13.7. The monoisotopic (exact) mass is 290 g/mol. The van der Waals surface area contributed by atoms with Crippen LogP contribution in [0.4, 0.5) is 10.2 Å². The highest BCUT2D eigenvalue weighted by molar-refractivity contribution is 5.40. The predicted molar refractivity (Wildman–Crippen MR) is 77.7 cm³/mol. The van der Waals surface area contributed by atoms with Crippen LogP contribution in [0.2, 0.25) is 0 Å². The molecular weight excluding hydrogens is 271 g/mol. The van der Waals surface area contributed by atoms with Gasteiger partial charge < -0.3 is 10.2 Å². The Labute approximate surface area is 122 Å². The number of H-pyrrole nitrogens is 1. The summed E-state index contributed by atoms with van der Waals surface area (Å²) in [6, 6.07) is 3.80. The largest absolute Gasteiger partial charge is 0.348 e. The molecule has 21 heavy (non-hydrogen) atoms. The van der Waals surface area contributed by atoms with Crippen LogP contribution >= 0.6 is 0 Å². The second kappa shape index (κ2) is 6.17. The second-order valence-electron chi connectivity index (χ2n) is 5.37. The molecule has 3 rings (SSSR count). The highest BCUT2D eigenvalue weighted by Crippen LogP contribution is 2.24. The van der Waals surface area contributed by atoms with Crippen LogP contribution in [0.3, 0.4) is 0 Å². The van der Waals surface area contributed by atoms with Crippen molar-refractivity contribution in [2.24, 2.45) is 0 Å². The summed E-state index contributed by atoms with van der Waals surface area (Å²) in [4.78, 5) is 1.99. The summed E-state index contributed by atoms with van der Waals surface area (Å²) in [6.07, 6.45) is 3.15. The molecule has 2 N–H and O–H groups in total. The van der Waals surface area contributed by atoms with Gasteiger partial charge in [0.2, 0.25) is 0 Å². The summed E-state index contributed by atoms with van der Waals surface area (Å²) in [5.41, 5.74) is 2.19. The first-order valence-electron chi connectivity index (χ1n) is 7.12. The number of nitrogens with zero attached hydrogens (tertiary/aromatic N) is 4. The molecule has 2 aromatic rings. The van der Waals surface area contributed by atoms with Gasteiger partial charge in [-0.15, -0.1) is 5.10 Å². The number of hydrogen-bond acceptors (Lipinski definition) is 5. The molecule has 0 spiro atoms. The van der Waals surface area contributed by atoms with E-state index < -0.39 is 6.17 Å². The van der Waals surface area contributed by atoms with Crippen LogP contribution in [0.15, 0.2) is 24.5 Å². The zero-order chi connectivity index (χ0) is 14.7. The molecular formula is C14H19FN6. The predicted octanol–water partition coefficient (Wildman–Crippen LogP) is 1.21. The van der Waals surface area contributed by atoms with Crippen molar-refractivity contribution in [3.63, 3.8) is 0 Å². The molecule has 1 aliphatic rings. The molecule has 0 bridgehead atoms. The van der Waals surface area contributed by atoms with Gasteiger partial charge in [-0.25, -0.2) is 4.39 Å². The zero-order valence-corrected chi connectivity index (χ0v) is 12.0. The Morgan fingerprint density at radius 2 is 2.43 bits per heavy atom. The third-order valence-corrected chi connectivity index (χ3v) is 3.85. The van der Waals surface area contributed by atoms with Crippen LogP contribution in [-0.2, 0) is 6.54 Å². The number of aryl methyl sites for hydroxylation is 1. The molecule has 1 saturated heterocycles.